The molecule has 0 aromatic heterocycles. The molecule has 5 heteroatoms. The molecule has 0 saturated heterocycles. The fourth-order valence-electron chi connectivity index (χ4n) is 0.329. The number of nitrogens with one attached hydrogen (secondary N) is 1. The zero-order chi connectivity index (χ0) is 7.54. The number of hydrogen-bond donors (Lipinski definition) is 3. The van der Waals surface area contributed by atoms with Gasteiger partial charge in [0.1, 0.15) is 0 Å². The van der Waals surface area contributed by atoms with Gasteiger partial charge in [-0.05, 0) is 0 Å². The van der Waals surface area contributed by atoms with Crippen molar-refractivity contribution in [3.05, 3.63) is 0 Å². The van der Waals surface area contributed by atoms with E-state index in [4.69, 9.17) is 11.5 Å². The van der Waals surface area contributed by atoms with E-state index in [2.05, 4.69) is 15.4 Å². The molecule has 0 aromatic rings. The maximum absolute atomic E-state index is 5.17. The Balaban J connectivity index is 0. The quantitative estimate of drug-likeness (QED) is 0.408. The molecule has 0 aliphatic rings. The van der Waals surface area contributed by atoms with Crippen LogP contribution in [0.1, 0.15) is 0 Å². The van der Waals surface area contributed by atoms with Crippen molar-refractivity contribution in [2.75, 3.05) is 26.2 Å². The van der Waals surface area contributed by atoms with Crippen LogP contribution in [0.5, 0.6) is 0 Å². The Bertz CT molecular complexity index is 42.8. The first-order valence-corrected chi connectivity index (χ1v) is 7.02. The summed E-state index contributed by atoms with van der Waals surface area (Å²) in [6.45, 7) is 3.13. The van der Waals surface area contributed by atoms with Crippen LogP contribution in [-0.4, -0.2) is 26.2 Å². The zero-order valence-corrected chi connectivity index (χ0v) is 9.38. The van der Waals surface area contributed by atoms with E-state index in [1.807, 2.05) is 0 Å². The molecule has 0 amide bonds. The number of hydrogen-bond acceptors (Lipinski definition) is 4. The van der Waals surface area contributed by atoms with E-state index in [-0.39, 0.29) is 0 Å². The SMILES string of the molecule is NCCNCCN.[S]=[Zn]. The average molecular weight is 201 g/mol. The fourth-order valence-corrected chi connectivity index (χ4v) is 0.329. The zero-order valence-electron chi connectivity index (χ0n) is 5.60. The summed E-state index contributed by atoms with van der Waals surface area (Å²) in [6.07, 6.45) is 0. The van der Waals surface area contributed by atoms with Gasteiger partial charge in [-0.3, -0.25) is 0 Å². The second-order valence-corrected chi connectivity index (χ2v) is 1.33. The van der Waals surface area contributed by atoms with Gasteiger partial charge in [-0.25, -0.2) is 0 Å². The summed E-state index contributed by atoms with van der Waals surface area (Å²) in [6, 6.07) is 0. The van der Waals surface area contributed by atoms with Crippen LogP contribution in [0, 0.1) is 0 Å². The van der Waals surface area contributed by atoms with E-state index in [0.717, 1.165) is 29.6 Å². The molecule has 3 nitrogen and oxygen atoms in total. The van der Waals surface area contributed by atoms with Gasteiger partial charge in [-0.1, -0.05) is 0 Å². The molecule has 0 fully saturated rings. The van der Waals surface area contributed by atoms with E-state index < -0.39 is 0 Å². The standard InChI is InChI=1S/C4H13N3.S.Zn/c5-1-3-7-4-2-6;;/h7H,1-6H2;;. The molecule has 0 rings (SSSR count). The van der Waals surface area contributed by atoms with Gasteiger partial charge in [0.15, 0.2) is 0 Å². The molecule has 5 N–H and O–H groups in total. The van der Waals surface area contributed by atoms with Gasteiger partial charge in [-0.15, -0.1) is 0 Å². The van der Waals surface area contributed by atoms with Crippen molar-refractivity contribution in [2.24, 2.45) is 11.5 Å². The third kappa shape index (κ3) is 17.7. The third-order valence-electron chi connectivity index (χ3n) is 0.642. The minimum atomic E-state index is 0.694. The maximum atomic E-state index is 5.17. The predicted molar refractivity (Wildman–Crippen MR) is 38.6 cm³/mol. The van der Waals surface area contributed by atoms with Gasteiger partial charge in [0, 0.05) is 26.2 Å². The predicted octanol–water partition coefficient (Wildman–Crippen LogP) is -0.861. The Morgan fingerprint density at radius 1 is 1.11 bits per heavy atom. The summed E-state index contributed by atoms with van der Waals surface area (Å²) in [5, 5.41) is 3.03. The first-order chi connectivity index (χ1) is 4.41. The van der Waals surface area contributed by atoms with Crippen LogP contribution in [-0.2, 0) is 16.6 Å². The van der Waals surface area contributed by atoms with Gasteiger partial charge >= 0.3 is 26.7 Å². The Morgan fingerprint density at radius 3 is 1.67 bits per heavy atom. The van der Waals surface area contributed by atoms with Crippen molar-refractivity contribution < 1.29 is 16.6 Å². The first-order valence-electron chi connectivity index (χ1n) is 2.81. The van der Waals surface area contributed by atoms with Gasteiger partial charge in [-0.2, -0.15) is 0 Å². The van der Waals surface area contributed by atoms with Crippen LogP contribution < -0.4 is 16.8 Å². The summed E-state index contributed by atoms with van der Waals surface area (Å²) in [7, 11) is 4.21. The van der Waals surface area contributed by atoms with Gasteiger partial charge in [0.25, 0.3) is 0 Å². The molecule has 0 atom stereocenters. The van der Waals surface area contributed by atoms with Crippen molar-refractivity contribution >= 4 is 10.1 Å². The molecule has 0 heterocycles. The van der Waals surface area contributed by atoms with Crippen LogP contribution in [0.4, 0.5) is 0 Å². The topological polar surface area (TPSA) is 64.1 Å². The van der Waals surface area contributed by atoms with E-state index in [1.165, 1.54) is 0 Å². The van der Waals surface area contributed by atoms with Crippen molar-refractivity contribution in [1.82, 2.24) is 5.32 Å². The summed E-state index contributed by atoms with van der Waals surface area (Å²) < 4.78 is 0. The van der Waals surface area contributed by atoms with E-state index in [1.54, 1.807) is 0 Å². The van der Waals surface area contributed by atoms with E-state index in [9.17, 15) is 0 Å². The summed E-state index contributed by atoms with van der Waals surface area (Å²) in [4.78, 5) is 0. The molecule has 0 aliphatic carbocycles. The molecule has 0 aliphatic heterocycles. The van der Waals surface area contributed by atoms with E-state index in [0.29, 0.717) is 13.1 Å². The Morgan fingerprint density at radius 2 is 1.44 bits per heavy atom. The van der Waals surface area contributed by atoms with Crippen molar-refractivity contribution in [2.45, 2.75) is 0 Å². The van der Waals surface area contributed by atoms with Crippen LogP contribution in [0.3, 0.4) is 0 Å². The molecule has 0 spiro atoms. The molecule has 0 aromatic carbocycles. The Hall–Kier alpha value is 0.723. The van der Waals surface area contributed by atoms with Gasteiger partial charge < -0.3 is 16.8 Å². The second kappa shape index (κ2) is 15.9. The van der Waals surface area contributed by atoms with Gasteiger partial charge in [0.2, 0.25) is 0 Å². The van der Waals surface area contributed by atoms with Gasteiger partial charge in [0.05, 0.1) is 0 Å². The number of rotatable bonds is 4. The fraction of sp³-hybridized carbons (Fsp3) is 1.00. The van der Waals surface area contributed by atoms with Crippen LogP contribution in [0.25, 0.3) is 0 Å². The van der Waals surface area contributed by atoms with Crippen LogP contribution >= 0.6 is 10.1 Å². The third-order valence-corrected chi connectivity index (χ3v) is 0.642. The van der Waals surface area contributed by atoms with Crippen molar-refractivity contribution in [3.8, 4) is 0 Å². The molecule has 0 bridgehead atoms. The van der Waals surface area contributed by atoms with Crippen LogP contribution in [0.15, 0.2) is 0 Å². The summed E-state index contributed by atoms with van der Waals surface area (Å²) in [5.74, 6) is 0. The second-order valence-electron chi connectivity index (χ2n) is 1.33. The van der Waals surface area contributed by atoms with Crippen LogP contribution in [0.2, 0.25) is 0 Å². The molecular weight excluding hydrogens is 188 g/mol. The molecule has 52 valence electrons. The normalized spacial score (nSPS) is 8.00. The van der Waals surface area contributed by atoms with Crippen molar-refractivity contribution in [3.63, 3.8) is 0 Å². The molecular formula is C4H13N3SZn. The van der Waals surface area contributed by atoms with Crippen molar-refractivity contribution in [1.29, 1.82) is 0 Å². The Kier molecular flexibility index (Phi) is 21.9. The van der Waals surface area contributed by atoms with E-state index >= 15 is 0 Å². The molecule has 0 radical (unpaired) electrons. The molecule has 0 saturated carbocycles. The first kappa shape index (κ1) is 12.4. The monoisotopic (exact) mass is 199 g/mol. The average Bonchev–Trinajstić information content (AvgIpc) is 1.94. The summed E-state index contributed by atoms with van der Waals surface area (Å²) >= 11 is 0.958. The molecule has 9 heavy (non-hydrogen) atoms. The summed E-state index contributed by atoms with van der Waals surface area (Å²) in [5.41, 5.74) is 10.3. The minimum absolute atomic E-state index is 0.694. The Labute approximate surface area is 69.8 Å². The molecule has 0 unspecified atom stereocenters. The number of nitrogens with two attached hydrogens (primary N) is 2.